The smallest absolute Gasteiger partial charge is 0.274 e. The number of ether oxygens (including phenoxy) is 1. The predicted octanol–water partition coefficient (Wildman–Crippen LogP) is 4.24. The van der Waals surface area contributed by atoms with Gasteiger partial charge in [0, 0.05) is 35.8 Å². The number of imidazole rings is 1. The van der Waals surface area contributed by atoms with E-state index in [0.29, 0.717) is 30.4 Å². The highest BCUT2D eigenvalue weighted by Crippen LogP contribution is 2.29. The quantitative estimate of drug-likeness (QED) is 0.325. The topological polar surface area (TPSA) is 98.4 Å². The summed E-state index contributed by atoms with van der Waals surface area (Å²) in [6.45, 7) is 7.33. The molecule has 0 saturated carbocycles. The second kappa shape index (κ2) is 10.3. The Balaban J connectivity index is 1.25. The van der Waals surface area contributed by atoms with Gasteiger partial charge in [0.15, 0.2) is 0 Å². The molecule has 1 saturated heterocycles. The summed E-state index contributed by atoms with van der Waals surface area (Å²) in [4.78, 5) is 22.5. The minimum absolute atomic E-state index is 0.231. The summed E-state index contributed by atoms with van der Waals surface area (Å²) >= 11 is 0. The molecule has 1 fully saturated rings. The predicted molar refractivity (Wildman–Crippen MR) is 147 cm³/mol. The van der Waals surface area contributed by atoms with Crippen molar-refractivity contribution in [2.45, 2.75) is 33.2 Å². The van der Waals surface area contributed by atoms with Gasteiger partial charge in [-0.2, -0.15) is 5.10 Å². The zero-order chi connectivity index (χ0) is 26.1. The number of rotatable bonds is 8. The van der Waals surface area contributed by atoms with Gasteiger partial charge in [0.1, 0.15) is 17.1 Å². The van der Waals surface area contributed by atoms with Gasteiger partial charge in [-0.25, -0.2) is 4.98 Å². The van der Waals surface area contributed by atoms with Crippen molar-refractivity contribution in [3.63, 3.8) is 0 Å². The average Bonchev–Trinajstić information content (AvgIpc) is 3.67. The Morgan fingerprint density at radius 3 is 2.92 bits per heavy atom. The second-order valence-corrected chi connectivity index (χ2v) is 9.79. The monoisotopic (exact) mass is 509 g/mol. The van der Waals surface area contributed by atoms with E-state index < -0.39 is 0 Å². The van der Waals surface area contributed by atoms with Gasteiger partial charge >= 0.3 is 0 Å². The molecule has 2 N–H and O–H groups in total. The van der Waals surface area contributed by atoms with E-state index in [1.54, 1.807) is 10.6 Å². The fraction of sp³-hybridized carbons (Fsp3) is 0.310. The molecule has 6 rings (SSSR count). The molecule has 1 atom stereocenters. The lowest BCUT2D eigenvalue weighted by Crippen LogP contribution is -2.16. The molecule has 1 amide bonds. The summed E-state index contributed by atoms with van der Waals surface area (Å²) in [6.07, 6.45) is 5.31. The van der Waals surface area contributed by atoms with Crippen LogP contribution in [0.25, 0.3) is 16.6 Å². The third-order valence-corrected chi connectivity index (χ3v) is 7.06. The van der Waals surface area contributed by atoms with Crippen molar-refractivity contribution in [1.82, 2.24) is 29.5 Å². The number of nitrogens with one attached hydrogen (secondary N) is 2. The summed E-state index contributed by atoms with van der Waals surface area (Å²) in [6, 6.07) is 15.6. The van der Waals surface area contributed by atoms with Crippen LogP contribution in [0, 0.1) is 12.8 Å². The molecule has 5 aromatic rings. The molecule has 4 aromatic heterocycles. The Morgan fingerprint density at radius 2 is 2.11 bits per heavy atom. The maximum Gasteiger partial charge on any atom is 0.274 e. The van der Waals surface area contributed by atoms with E-state index in [4.69, 9.17) is 9.84 Å². The lowest BCUT2D eigenvalue weighted by molar-refractivity contribution is 0.102. The highest BCUT2D eigenvalue weighted by atomic mass is 16.5. The first-order chi connectivity index (χ1) is 18.6. The van der Waals surface area contributed by atoms with E-state index in [9.17, 15) is 4.79 Å². The molecule has 1 aliphatic rings. The standard InChI is InChI=1S/C29H31N7O2/c1-3-23-28-24(8-5-9-25(28)36(34-23)17-21-7-4-6-19(2)32-21)33-29(37)26-16-31-27-14-22(11-13-35(26)27)38-18-20-10-12-30-15-20/h4-9,11,13-14,16,20,30H,3,10,12,15,17-18H2,1-2H3,(H,33,37). The lowest BCUT2D eigenvalue weighted by Gasteiger charge is -2.11. The Kier molecular flexibility index (Phi) is 6.51. The van der Waals surface area contributed by atoms with Crippen molar-refractivity contribution < 1.29 is 9.53 Å². The van der Waals surface area contributed by atoms with Gasteiger partial charge in [0.25, 0.3) is 5.91 Å². The largest absolute Gasteiger partial charge is 0.493 e. The fourth-order valence-electron chi connectivity index (χ4n) is 5.10. The van der Waals surface area contributed by atoms with Crippen LogP contribution < -0.4 is 15.4 Å². The molecule has 38 heavy (non-hydrogen) atoms. The number of nitrogens with zero attached hydrogens (tertiary/aromatic N) is 5. The Hall–Kier alpha value is -4.24. The van der Waals surface area contributed by atoms with Crippen molar-refractivity contribution in [3.8, 4) is 5.75 Å². The highest BCUT2D eigenvalue weighted by molar-refractivity contribution is 6.08. The van der Waals surface area contributed by atoms with Gasteiger partial charge in [-0.15, -0.1) is 0 Å². The van der Waals surface area contributed by atoms with E-state index in [1.807, 2.05) is 66.3 Å². The third-order valence-electron chi connectivity index (χ3n) is 7.06. The molecule has 9 nitrogen and oxygen atoms in total. The van der Waals surface area contributed by atoms with E-state index in [1.165, 1.54) is 0 Å². The first-order valence-electron chi connectivity index (χ1n) is 13.1. The average molecular weight is 510 g/mol. The van der Waals surface area contributed by atoms with Crippen molar-refractivity contribution >= 4 is 28.1 Å². The third kappa shape index (κ3) is 4.72. The Labute approximate surface area is 220 Å². The fourth-order valence-corrected chi connectivity index (χ4v) is 5.10. The van der Waals surface area contributed by atoms with Gasteiger partial charge in [0.05, 0.1) is 41.9 Å². The second-order valence-electron chi connectivity index (χ2n) is 9.79. The van der Waals surface area contributed by atoms with Crippen LogP contribution in [0.2, 0.25) is 0 Å². The number of hydrogen-bond acceptors (Lipinski definition) is 6. The van der Waals surface area contributed by atoms with Crippen LogP contribution in [0.4, 0.5) is 5.69 Å². The molecule has 5 heterocycles. The molecule has 0 spiro atoms. The SMILES string of the molecule is CCc1nn(Cc2cccc(C)n2)c2cccc(NC(=O)c3cnc4cc(OCC5CCNC5)ccn34)c12. The minimum atomic E-state index is -0.231. The highest BCUT2D eigenvalue weighted by Gasteiger charge is 2.19. The molecule has 1 unspecified atom stereocenters. The van der Waals surface area contributed by atoms with Crippen LogP contribution in [0.15, 0.2) is 60.9 Å². The van der Waals surface area contributed by atoms with Crippen molar-refractivity contribution in [2.24, 2.45) is 5.92 Å². The number of aryl methyl sites for hydroxylation is 2. The van der Waals surface area contributed by atoms with Gasteiger partial charge in [-0.05, 0) is 56.6 Å². The van der Waals surface area contributed by atoms with Crippen LogP contribution in [-0.2, 0) is 13.0 Å². The van der Waals surface area contributed by atoms with Crippen LogP contribution in [-0.4, -0.2) is 49.8 Å². The number of pyridine rings is 2. The van der Waals surface area contributed by atoms with E-state index in [0.717, 1.165) is 65.4 Å². The number of aromatic nitrogens is 5. The maximum atomic E-state index is 13.4. The molecular formula is C29H31N7O2. The molecule has 0 aliphatic carbocycles. The first-order valence-corrected chi connectivity index (χ1v) is 13.1. The first kappa shape index (κ1) is 24.1. The Bertz CT molecular complexity index is 1610. The van der Waals surface area contributed by atoms with Gasteiger partial charge < -0.3 is 15.4 Å². The lowest BCUT2D eigenvalue weighted by atomic mass is 10.1. The molecular weight excluding hydrogens is 478 g/mol. The number of anilines is 1. The number of fused-ring (bicyclic) bond motifs is 2. The summed E-state index contributed by atoms with van der Waals surface area (Å²) in [5, 5.41) is 12.3. The summed E-state index contributed by atoms with van der Waals surface area (Å²) in [7, 11) is 0. The minimum Gasteiger partial charge on any atom is -0.493 e. The zero-order valence-electron chi connectivity index (χ0n) is 21.6. The van der Waals surface area contributed by atoms with Crippen molar-refractivity contribution in [2.75, 3.05) is 25.0 Å². The zero-order valence-corrected chi connectivity index (χ0v) is 21.6. The maximum absolute atomic E-state index is 13.4. The van der Waals surface area contributed by atoms with Crippen molar-refractivity contribution in [1.29, 1.82) is 0 Å². The summed E-state index contributed by atoms with van der Waals surface area (Å²) < 4.78 is 9.73. The molecule has 1 aromatic carbocycles. The van der Waals surface area contributed by atoms with Gasteiger partial charge in [-0.1, -0.05) is 19.1 Å². The molecule has 0 bridgehead atoms. The number of amides is 1. The molecule has 0 radical (unpaired) electrons. The van der Waals surface area contributed by atoms with Crippen LogP contribution >= 0.6 is 0 Å². The van der Waals surface area contributed by atoms with Gasteiger partial charge in [0.2, 0.25) is 0 Å². The van der Waals surface area contributed by atoms with E-state index >= 15 is 0 Å². The normalized spacial score (nSPS) is 15.4. The van der Waals surface area contributed by atoms with E-state index in [2.05, 4.69) is 27.5 Å². The number of carbonyl (C=O) groups excluding carboxylic acids is 1. The summed E-state index contributed by atoms with van der Waals surface area (Å²) in [5.41, 5.74) is 5.66. The summed E-state index contributed by atoms with van der Waals surface area (Å²) in [5.74, 6) is 1.06. The van der Waals surface area contributed by atoms with Crippen LogP contribution in [0.1, 0.15) is 40.9 Å². The molecule has 9 heteroatoms. The van der Waals surface area contributed by atoms with Gasteiger partial charge in [-0.3, -0.25) is 18.9 Å². The van der Waals surface area contributed by atoms with Crippen molar-refractivity contribution in [3.05, 3.63) is 83.7 Å². The molecule has 194 valence electrons. The van der Waals surface area contributed by atoms with E-state index in [-0.39, 0.29) is 5.91 Å². The Morgan fingerprint density at radius 1 is 1.21 bits per heavy atom. The van der Waals surface area contributed by atoms with Crippen LogP contribution in [0.5, 0.6) is 5.75 Å². The number of hydrogen-bond donors (Lipinski definition) is 2. The van der Waals surface area contributed by atoms with Crippen LogP contribution in [0.3, 0.4) is 0 Å². The number of benzene rings is 1. The molecule has 1 aliphatic heterocycles. The number of carbonyl (C=O) groups is 1.